The molecule has 0 radical (unpaired) electrons. The molecule has 9 heteroatoms. The van der Waals surface area contributed by atoms with E-state index in [1.165, 1.54) is 0 Å². The highest BCUT2D eigenvalue weighted by Crippen LogP contribution is 2.37. The Morgan fingerprint density at radius 2 is 1.52 bits per heavy atom. The van der Waals surface area contributed by atoms with E-state index in [0.717, 1.165) is 4.90 Å². The van der Waals surface area contributed by atoms with Crippen LogP contribution in [-0.2, 0) is 16.9 Å². The molecule has 164 valence electrons. The minimum atomic E-state index is -1.36. The lowest BCUT2D eigenvalue weighted by Gasteiger charge is -2.27. The van der Waals surface area contributed by atoms with Gasteiger partial charge in [0, 0.05) is 5.02 Å². The number of urea groups is 1. The minimum Gasteiger partial charge on any atom is -0.419 e. The first-order valence-corrected chi connectivity index (χ1v) is 10.8. The van der Waals surface area contributed by atoms with Gasteiger partial charge in [-0.05, 0) is 29.3 Å². The molecular formula is C24H16Cl2N4O3. The minimum absolute atomic E-state index is 0.0939. The van der Waals surface area contributed by atoms with Crippen molar-refractivity contribution in [2.24, 2.45) is 0 Å². The standard InChI is InChI=1S/C24H16Cl2N4O3/c25-17-11-12-18(19(26)13-17)21-29-28-20(33-21)14-30-22(31)24(27-23(30)32,15-7-3-1-4-8-15)16-9-5-2-6-10-16/h1-13H,14H2,(H,27,32). The Morgan fingerprint density at radius 1 is 0.879 bits per heavy atom. The highest BCUT2D eigenvalue weighted by atomic mass is 35.5. The van der Waals surface area contributed by atoms with Crippen LogP contribution >= 0.6 is 23.2 Å². The van der Waals surface area contributed by atoms with E-state index in [4.69, 9.17) is 27.6 Å². The topological polar surface area (TPSA) is 88.3 Å². The number of hydrogen-bond acceptors (Lipinski definition) is 5. The van der Waals surface area contributed by atoms with Gasteiger partial charge in [-0.3, -0.25) is 9.69 Å². The molecule has 3 aromatic carbocycles. The molecule has 1 saturated heterocycles. The third kappa shape index (κ3) is 3.65. The van der Waals surface area contributed by atoms with Crippen molar-refractivity contribution in [1.29, 1.82) is 0 Å². The Hall–Kier alpha value is -3.68. The van der Waals surface area contributed by atoms with Crippen LogP contribution in [-0.4, -0.2) is 27.0 Å². The normalized spacial score (nSPS) is 15.0. The van der Waals surface area contributed by atoms with Crippen LogP contribution in [0.3, 0.4) is 0 Å². The fourth-order valence-electron chi connectivity index (χ4n) is 3.88. The summed E-state index contributed by atoms with van der Waals surface area (Å²) in [5, 5.41) is 11.7. The number of amides is 3. The zero-order valence-corrected chi connectivity index (χ0v) is 18.5. The molecule has 4 aromatic rings. The van der Waals surface area contributed by atoms with Crippen molar-refractivity contribution in [1.82, 2.24) is 20.4 Å². The molecule has 0 aliphatic carbocycles. The average Bonchev–Trinajstić information content (AvgIpc) is 3.39. The SMILES string of the molecule is O=C1NC(c2ccccc2)(c2ccccc2)C(=O)N1Cc1nnc(-c2ccc(Cl)cc2Cl)o1. The Kier molecular flexibility index (Phi) is 5.36. The molecule has 1 aliphatic rings. The smallest absolute Gasteiger partial charge is 0.326 e. The monoisotopic (exact) mass is 478 g/mol. The quantitative estimate of drug-likeness (QED) is 0.406. The van der Waals surface area contributed by atoms with Crippen LogP contribution in [0.15, 0.2) is 83.3 Å². The van der Waals surface area contributed by atoms with Crippen LogP contribution in [0.2, 0.25) is 10.0 Å². The summed E-state index contributed by atoms with van der Waals surface area (Å²) in [6.07, 6.45) is 0. The lowest BCUT2D eigenvalue weighted by atomic mass is 9.82. The molecule has 7 nitrogen and oxygen atoms in total. The second-order valence-corrected chi connectivity index (χ2v) is 8.27. The van der Waals surface area contributed by atoms with Gasteiger partial charge in [0.15, 0.2) is 5.54 Å². The maximum Gasteiger partial charge on any atom is 0.326 e. The summed E-state index contributed by atoms with van der Waals surface area (Å²) >= 11 is 12.2. The van der Waals surface area contributed by atoms with Gasteiger partial charge in [0.05, 0.1) is 10.6 Å². The van der Waals surface area contributed by atoms with Gasteiger partial charge in [-0.1, -0.05) is 83.9 Å². The summed E-state index contributed by atoms with van der Waals surface area (Å²) in [5.41, 5.74) is 0.439. The van der Waals surface area contributed by atoms with Crippen molar-refractivity contribution >= 4 is 35.1 Å². The fraction of sp³-hybridized carbons (Fsp3) is 0.0833. The van der Waals surface area contributed by atoms with E-state index in [9.17, 15) is 9.59 Å². The molecule has 1 aromatic heterocycles. The van der Waals surface area contributed by atoms with E-state index in [0.29, 0.717) is 26.7 Å². The highest BCUT2D eigenvalue weighted by Gasteiger charge is 2.54. The van der Waals surface area contributed by atoms with Crippen LogP contribution in [0, 0.1) is 0 Å². The Labute approximate surface area is 198 Å². The summed E-state index contributed by atoms with van der Waals surface area (Å²) in [4.78, 5) is 27.8. The molecule has 0 atom stereocenters. The summed E-state index contributed by atoms with van der Waals surface area (Å²) in [5.74, 6) is -0.179. The first-order valence-electron chi connectivity index (χ1n) is 10.0. The van der Waals surface area contributed by atoms with Gasteiger partial charge in [-0.25, -0.2) is 4.79 Å². The van der Waals surface area contributed by atoms with Gasteiger partial charge in [-0.15, -0.1) is 10.2 Å². The van der Waals surface area contributed by atoms with Crippen molar-refractivity contribution in [3.8, 4) is 11.5 Å². The molecule has 1 aliphatic heterocycles. The predicted molar refractivity (Wildman–Crippen MR) is 122 cm³/mol. The largest absolute Gasteiger partial charge is 0.419 e. The summed E-state index contributed by atoms with van der Waals surface area (Å²) in [6, 6.07) is 22.5. The van der Waals surface area contributed by atoms with Crippen molar-refractivity contribution in [2.75, 3.05) is 0 Å². The summed E-state index contributed by atoms with van der Waals surface area (Å²) in [6.45, 7) is -0.190. The fourth-order valence-corrected chi connectivity index (χ4v) is 4.37. The molecule has 0 spiro atoms. The van der Waals surface area contributed by atoms with E-state index in [1.54, 1.807) is 18.2 Å². The van der Waals surface area contributed by atoms with E-state index in [2.05, 4.69) is 15.5 Å². The Balaban J connectivity index is 1.49. The molecule has 1 fully saturated rings. The molecule has 5 rings (SSSR count). The number of hydrogen-bond donors (Lipinski definition) is 1. The van der Waals surface area contributed by atoms with E-state index in [1.807, 2.05) is 60.7 Å². The lowest BCUT2D eigenvalue weighted by Crippen LogP contribution is -2.45. The van der Waals surface area contributed by atoms with Gasteiger partial charge < -0.3 is 9.73 Å². The molecule has 0 bridgehead atoms. The van der Waals surface area contributed by atoms with Gasteiger partial charge in [0.2, 0.25) is 11.8 Å². The number of carbonyl (C=O) groups excluding carboxylic acids is 2. The van der Waals surface area contributed by atoms with Crippen LogP contribution in [0.1, 0.15) is 17.0 Å². The maximum atomic E-state index is 13.7. The number of nitrogens with one attached hydrogen (secondary N) is 1. The Morgan fingerprint density at radius 3 is 2.12 bits per heavy atom. The molecule has 0 unspecified atom stereocenters. The second kappa shape index (κ2) is 8.35. The highest BCUT2D eigenvalue weighted by molar-refractivity contribution is 6.36. The van der Waals surface area contributed by atoms with Crippen molar-refractivity contribution in [3.05, 3.63) is 106 Å². The molecule has 1 N–H and O–H groups in total. The number of halogens is 2. The average molecular weight is 479 g/mol. The maximum absolute atomic E-state index is 13.7. The van der Waals surface area contributed by atoms with Crippen LogP contribution < -0.4 is 5.32 Å². The van der Waals surface area contributed by atoms with Crippen molar-refractivity contribution in [3.63, 3.8) is 0 Å². The number of carbonyl (C=O) groups is 2. The first-order chi connectivity index (χ1) is 16.0. The summed E-state index contributed by atoms with van der Waals surface area (Å²) < 4.78 is 5.70. The van der Waals surface area contributed by atoms with Gasteiger partial charge in [0.1, 0.15) is 6.54 Å². The number of rotatable bonds is 5. The zero-order chi connectivity index (χ0) is 23.0. The molecule has 33 heavy (non-hydrogen) atoms. The van der Waals surface area contributed by atoms with Crippen LogP contribution in [0.4, 0.5) is 4.79 Å². The lowest BCUT2D eigenvalue weighted by molar-refractivity contribution is -0.130. The van der Waals surface area contributed by atoms with Crippen LogP contribution in [0.5, 0.6) is 0 Å². The number of aromatic nitrogens is 2. The van der Waals surface area contributed by atoms with Crippen molar-refractivity contribution < 1.29 is 14.0 Å². The molecule has 2 heterocycles. The predicted octanol–water partition coefficient (Wildman–Crippen LogP) is 5.04. The molecular weight excluding hydrogens is 463 g/mol. The third-order valence-corrected chi connectivity index (χ3v) is 5.99. The second-order valence-electron chi connectivity index (χ2n) is 7.43. The number of nitrogens with zero attached hydrogens (tertiary/aromatic N) is 3. The van der Waals surface area contributed by atoms with Gasteiger partial charge in [0.25, 0.3) is 5.91 Å². The molecule has 3 amide bonds. The first kappa shape index (κ1) is 21.2. The number of benzene rings is 3. The van der Waals surface area contributed by atoms with E-state index < -0.39 is 17.5 Å². The molecule has 0 saturated carbocycles. The van der Waals surface area contributed by atoms with E-state index in [-0.39, 0.29) is 18.3 Å². The Bertz CT molecular complexity index is 1300. The van der Waals surface area contributed by atoms with Gasteiger partial charge >= 0.3 is 6.03 Å². The third-order valence-electron chi connectivity index (χ3n) is 5.44. The van der Waals surface area contributed by atoms with Crippen molar-refractivity contribution in [2.45, 2.75) is 12.1 Å². The van der Waals surface area contributed by atoms with Gasteiger partial charge in [-0.2, -0.15) is 0 Å². The number of imide groups is 1. The van der Waals surface area contributed by atoms with E-state index >= 15 is 0 Å². The zero-order valence-electron chi connectivity index (χ0n) is 17.0. The summed E-state index contributed by atoms with van der Waals surface area (Å²) in [7, 11) is 0. The van der Waals surface area contributed by atoms with Crippen LogP contribution in [0.25, 0.3) is 11.5 Å².